The maximum atomic E-state index is 8.94. The van der Waals surface area contributed by atoms with Gasteiger partial charge in [-0.15, -0.1) is 0 Å². The van der Waals surface area contributed by atoms with E-state index in [1.165, 1.54) is 0 Å². The smallest absolute Gasteiger partial charge is 0.132 e. The van der Waals surface area contributed by atoms with Crippen LogP contribution in [0.25, 0.3) is 0 Å². The van der Waals surface area contributed by atoms with Crippen LogP contribution in [0.15, 0.2) is 35.7 Å². The highest BCUT2D eigenvalue weighted by atomic mass is 16.5. The number of oxime groups is 1. The van der Waals surface area contributed by atoms with E-state index < -0.39 is 0 Å². The molecule has 0 aliphatic heterocycles. The average Bonchev–Trinajstić information content (AvgIpc) is 2.91. The average molecular weight is 289 g/mol. The van der Waals surface area contributed by atoms with Crippen molar-refractivity contribution in [1.82, 2.24) is 9.55 Å². The van der Waals surface area contributed by atoms with E-state index in [-0.39, 0.29) is 0 Å². The minimum absolute atomic E-state index is 0.476. The Kier molecular flexibility index (Phi) is 4.81. The highest BCUT2D eigenvalue weighted by Gasteiger charge is 2.10. The number of nitrogens with zero attached hydrogens (tertiary/aromatic N) is 3. The zero-order chi connectivity index (χ0) is 15.2. The number of benzene rings is 1. The van der Waals surface area contributed by atoms with Crippen molar-refractivity contribution < 1.29 is 14.7 Å². The highest BCUT2D eigenvalue weighted by molar-refractivity contribution is 6.00. The Hall–Kier alpha value is -2.50. The number of ether oxygens (including phenoxy) is 2. The van der Waals surface area contributed by atoms with Crippen LogP contribution in [0.5, 0.6) is 11.5 Å². The van der Waals surface area contributed by atoms with Crippen LogP contribution in [-0.2, 0) is 13.5 Å². The van der Waals surface area contributed by atoms with Gasteiger partial charge in [0.25, 0.3) is 0 Å². The van der Waals surface area contributed by atoms with Gasteiger partial charge in [-0.3, -0.25) is 0 Å². The summed E-state index contributed by atoms with van der Waals surface area (Å²) >= 11 is 0. The monoisotopic (exact) mass is 289 g/mol. The van der Waals surface area contributed by atoms with E-state index in [1.54, 1.807) is 32.4 Å². The van der Waals surface area contributed by atoms with E-state index in [0.29, 0.717) is 30.2 Å². The quantitative estimate of drug-likeness (QED) is 0.503. The number of aromatic nitrogens is 2. The Morgan fingerprint density at radius 2 is 2.24 bits per heavy atom. The van der Waals surface area contributed by atoms with Crippen molar-refractivity contribution in [2.75, 3.05) is 13.7 Å². The second-order valence-corrected chi connectivity index (χ2v) is 4.60. The Balaban J connectivity index is 2.12. The second-order valence-electron chi connectivity index (χ2n) is 4.60. The van der Waals surface area contributed by atoms with Crippen molar-refractivity contribution in [3.63, 3.8) is 0 Å². The summed E-state index contributed by atoms with van der Waals surface area (Å²) in [5.74, 6) is 2.27. The van der Waals surface area contributed by atoms with E-state index in [0.717, 1.165) is 11.4 Å². The van der Waals surface area contributed by atoms with Crippen molar-refractivity contribution >= 4 is 5.71 Å². The lowest BCUT2D eigenvalue weighted by atomic mass is 10.1. The third-order valence-corrected chi connectivity index (χ3v) is 3.23. The third-order valence-electron chi connectivity index (χ3n) is 3.23. The molecule has 0 bridgehead atoms. The first-order valence-corrected chi connectivity index (χ1v) is 6.61. The van der Waals surface area contributed by atoms with Crippen LogP contribution >= 0.6 is 0 Å². The molecule has 0 spiro atoms. The highest BCUT2D eigenvalue weighted by Crippen LogP contribution is 2.25. The maximum absolute atomic E-state index is 8.94. The molecule has 0 radical (unpaired) electrons. The number of aryl methyl sites for hydroxylation is 1. The first kappa shape index (κ1) is 14.9. The summed E-state index contributed by atoms with van der Waals surface area (Å²) in [6.07, 6.45) is 4.35. The van der Waals surface area contributed by atoms with Gasteiger partial charge in [-0.1, -0.05) is 5.16 Å². The molecule has 2 rings (SSSR count). The van der Waals surface area contributed by atoms with Gasteiger partial charge in [0.05, 0.1) is 19.4 Å². The van der Waals surface area contributed by atoms with Crippen LogP contribution in [0.2, 0.25) is 0 Å². The standard InChI is InChI=1S/C15H19N3O3/c1-11(17-19)13-5-4-12(20-3)10-14(13)21-9-6-15-16-7-8-18(15)2/h4-5,7-8,10,19H,6,9H2,1-3H3/b17-11+. The number of methoxy groups -OCH3 is 1. The van der Waals surface area contributed by atoms with Crippen molar-refractivity contribution in [1.29, 1.82) is 0 Å². The Morgan fingerprint density at radius 3 is 2.86 bits per heavy atom. The SMILES string of the molecule is COc1ccc(/C(C)=N/O)c(OCCc2nccn2C)c1. The summed E-state index contributed by atoms with van der Waals surface area (Å²) in [6, 6.07) is 5.39. The van der Waals surface area contributed by atoms with Crippen LogP contribution in [-0.4, -0.2) is 34.2 Å². The molecule has 1 aromatic heterocycles. The molecule has 6 heteroatoms. The molecule has 6 nitrogen and oxygen atoms in total. The molecule has 0 saturated heterocycles. The van der Waals surface area contributed by atoms with Gasteiger partial charge < -0.3 is 19.2 Å². The molecule has 0 atom stereocenters. The van der Waals surface area contributed by atoms with Crippen LogP contribution in [0.1, 0.15) is 18.3 Å². The molecule has 1 heterocycles. The van der Waals surface area contributed by atoms with Crippen LogP contribution < -0.4 is 9.47 Å². The van der Waals surface area contributed by atoms with Crippen molar-refractivity contribution in [3.05, 3.63) is 42.0 Å². The zero-order valence-corrected chi connectivity index (χ0v) is 12.4. The molecule has 0 saturated carbocycles. The molecule has 112 valence electrons. The molecule has 0 aliphatic rings. The molecule has 1 aromatic carbocycles. The predicted octanol–water partition coefficient (Wildman–Crippen LogP) is 2.25. The van der Waals surface area contributed by atoms with Crippen LogP contribution in [0, 0.1) is 0 Å². The summed E-state index contributed by atoms with van der Waals surface area (Å²) in [7, 11) is 3.54. The van der Waals surface area contributed by atoms with E-state index in [4.69, 9.17) is 14.7 Å². The fraction of sp³-hybridized carbons (Fsp3) is 0.333. The maximum Gasteiger partial charge on any atom is 0.132 e. The Bertz CT molecular complexity index is 635. The molecule has 0 fully saturated rings. The van der Waals surface area contributed by atoms with Gasteiger partial charge >= 0.3 is 0 Å². The fourth-order valence-corrected chi connectivity index (χ4v) is 1.99. The number of rotatable bonds is 6. The lowest BCUT2D eigenvalue weighted by molar-refractivity contribution is 0.310. The van der Waals surface area contributed by atoms with Crippen molar-refractivity contribution in [2.24, 2.45) is 12.2 Å². The summed E-state index contributed by atoms with van der Waals surface area (Å²) in [6.45, 7) is 2.19. The largest absolute Gasteiger partial charge is 0.497 e. The molecule has 0 unspecified atom stereocenters. The van der Waals surface area contributed by atoms with Crippen molar-refractivity contribution in [2.45, 2.75) is 13.3 Å². The topological polar surface area (TPSA) is 68.9 Å². The van der Waals surface area contributed by atoms with Gasteiger partial charge in [-0.05, 0) is 19.1 Å². The van der Waals surface area contributed by atoms with Gasteiger partial charge in [0, 0.05) is 37.5 Å². The van der Waals surface area contributed by atoms with Gasteiger partial charge in [0.1, 0.15) is 17.3 Å². The lowest BCUT2D eigenvalue weighted by Gasteiger charge is -2.12. The van der Waals surface area contributed by atoms with E-state index in [1.807, 2.05) is 23.9 Å². The second kappa shape index (κ2) is 6.78. The first-order valence-electron chi connectivity index (χ1n) is 6.61. The fourth-order valence-electron chi connectivity index (χ4n) is 1.99. The number of hydrogen-bond donors (Lipinski definition) is 1. The predicted molar refractivity (Wildman–Crippen MR) is 79.4 cm³/mol. The summed E-state index contributed by atoms with van der Waals surface area (Å²) in [5.41, 5.74) is 1.22. The normalized spacial score (nSPS) is 11.5. The van der Waals surface area contributed by atoms with E-state index in [9.17, 15) is 0 Å². The van der Waals surface area contributed by atoms with Crippen LogP contribution in [0.3, 0.4) is 0 Å². The zero-order valence-electron chi connectivity index (χ0n) is 12.4. The molecule has 2 aromatic rings. The van der Waals surface area contributed by atoms with Crippen LogP contribution in [0.4, 0.5) is 0 Å². The number of hydrogen-bond acceptors (Lipinski definition) is 5. The summed E-state index contributed by atoms with van der Waals surface area (Å²) < 4.78 is 13.0. The lowest BCUT2D eigenvalue weighted by Crippen LogP contribution is -2.08. The molecular formula is C15H19N3O3. The Labute approximate surface area is 123 Å². The Morgan fingerprint density at radius 1 is 1.43 bits per heavy atom. The van der Waals surface area contributed by atoms with Gasteiger partial charge in [0.15, 0.2) is 0 Å². The van der Waals surface area contributed by atoms with Gasteiger partial charge in [-0.2, -0.15) is 0 Å². The molecule has 0 aliphatic carbocycles. The third kappa shape index (κ3) is 3.53. The van der Waals surface area contributed by atoms with Gasteiger partial charge in [-0.25, -0.2) is 4.98 Å². The summed E-state index contributed by atoms with van der Waals surface area (Å²) in [4.78, 5) is 4.25. The minimum atomic E-state index is 0.476. The van der Waals surface area contributed by atoms with E-state index in [2.05, 4.69) is 10.1 Å². The minimum Gasteiger partial charge on any atom is -0.497 e. The number of imidazole rings is 1. The molecular weight excluding hydrogens is 270 g/mol. The first-order chi connectivity index (χ1) is 10.2. The molecule has 1 N–H and O–H groups in total. The summed E-state index contributed by atoms with van der Waals surface area (Å²) in [5, 5.41) is 12.2. The van der Waals surface area contributed by atoms with Gasteiger partial charge in [0.2, 0.25) is 0 Å². The molecule has 21 heavy (non-hydrogen) atoms. The molecule has 0 amide bonds. The van der Waals surface area contributed by atoms with Crippen molar-refractivity contribution in [3.8, 4) is 11.5 Å². The van der Waals surface area contributed by atoms with E-state index >= 15 is 0 Å².